The number of ketones is 1. The van der Waals surface area contributed by atoms with Crippen LogP contribution in [0.3, 0.4) is 0 Å². The molecule has 0 spiro atoms. The summed E-state index contributed by atoms with van der Waals surface area (Å²) < 4.78 is 5.02. The van der Waals surface area contributed by atoms with Gasteiger partial charge in [0, 0.05) is 16.5 Å². The minimum Gasteiger partial charge on any atom is -0.382 e. The van der Waals surface area contributed by atoms with Crippen LogP contribution in [-0.2, 0) is 0 Å². The number of rotatable bonds is 2. The van der Waals surface area contributed by atoms with E-state index in [4.69, 9.17) is 5.73 Å². The Kier molecular flexibility index (Phi) is 2.57. The van der Waals surface area contributed by atoms with Gasteiger partial charge in [-0.2, -0.15) is 4.37 Å². The molecule has 0 saturated carbocycles. The van der Waals surface area contributed by atoms with Gasteiger partial charge in [-0.05, 0) is 23.7 Å². The third-order valence-electron chi connectivity index (χ3n) is 2.80. The van der Waals surface area contributed by atoms with Gasteiger partial charge >= 0.3 is 0 Å². The van der Waals surface area contributed by atoms with Crippen LogP contribution in [0.2, 0.25) is 0 Å². The molecule has 18 heavy (non-hydrogen) atoms. The standard InChI is InChI=1S/C14H10N2OS/c15-14-11-7-6-10(8-12(11)18-16-14)13(17)9-4-2-1-3-5-9/h1-8H,(H2,15,16). The van der Waals surface area contributed by atoms with E-state index in [0.29, 0.717) is 16.9 Å². The molecule has 3 nitrogen and oxygen atoms in total. The van der Waals surface area contributed by atoms with E-state index in [2.05, 4.69) is 4.37 Å². The van der Waals surface area contributed by atoms with Crippen LogP contribution in [0.1, 0.15) is 15.9 Å². The molecule has 4 heteroatoms. The van der Waals surface area contributed by atoms with Crippen molar-refractivity contribution < 1.29 is 4.79 Å². The Bertz CT molecular complexity index is 719. The maximum Gasteiger partial charge on any atom is 0.193 e. The number of hydrogen-bond donors (Lipinski definition) is 1. The summed E-state index contributed by atoms with van der Waals surface area (Å²) in [6.45, 7) is 0. The first-order chi connectivity index (χ1) is 8.75. The lowest BCUT2D eigenvalue weighted by atomic mass is 10.0. The highest BCUT2D eigenvalue weighted by Crippen LogP contribution is 2.26. The molecule has 1 aromatic heterocycles. The molecule has 2 N–H and O–H groups in total. The largest absolute Gasteiger partial charge is 0.382 e. The van der Waals surface area contributed by atoms with Gasteiger partial charge in [0.1, 0.15) is 5.82 Å². The lowest BCUT2D eigenvalue weighted by Crippen LogP contribution is -2.00. The third-order valence-corrected chi connectivity index (χ3v) is 3.62. The second-order valence-electron chi connectivity index (χ2n) is 3.97. The first-order valence-corrected chi connectivity index (χ1v) is 6.28. The van der Waals surface area contributed by atoms with Crippen molar-refractivity contribution in [2.24, 2.45) is 0 Å². The number of fused-ring (bicyclic) bond motifs is 1. The van der Waals surface area contributed by atoms with Crippen molar-refractivity contribution in [2.75, 3.05) is 5.73 Å². The van der Waals surface area contributed by atoms with Gasteiger partial charge in [-0.25, -0.2) is 0 Å². The molecule has 88 valence electrons. The van der Waals surface area contributed by atoms with Crippen LogP contribution in [0.25, 0.3) is 10.1 Å². The number of carbonyl (C=O) groups excluding carboxylic acids is 1. The summed E-state index contributed by atoms with van der Waals surface area (Å²) in [7, 11) is 0. The molecule has 0 atom stereocenters. The molecule has 3 rings (SSSR count). The van der Waals surface area contributed by atoms with Crippen LogP contribution in [0.15, 0.2) is 48.5 Å². The molecule has 0 aliphatic rings. The average Bonchev–Trinajstić information content (AvgIpc) is 2.80. The zero-order chi connectivity index (χ0) is 12.5. The van der Waals surface area contributed by atoms with E-state index in [1.165, 1.54) is 11.5 Å². The summed E-state index contributed by atoms with van der Waals surface area (Å²) >= 11 is 1.31. The monoisotopic (exact) mass is 254 g/mol. The van der Waals surface area contributed by atoms with Crippen molar-refractivity contribution in [3.63, 3.8) is 0 Å². The average molecular weight is 254 g/mol. The number of nitrogens with zero attached hydrogens (tertiary/aromatic N) is 1. The lowest BCUT2D eigenvalue weighted by molar-refractivity contribution is 0.103. The predicted molar refractivity (Wildman–Crippen MR) is 73.9 cm³/mol. The van der Waals surface area contributed by atoms with Crippen molar-refractivity contribution in [3.05, 3.63) is 59.7 Å². The smallest absolute Gasteiger partial charge is 0.193 e. The maximum atomic E-state index is 12.2. The summed E-state index contributed by atoms with van der Waals surface area (Å²) in [4.78, 5) is 12.2. The minimum absolute atomic E-state index is 0.0180. The van der Waals surface area contributed by atoms with E-state index in [-0.39, 0.29) is 5.78 Å². The van der Waals surface area contributed by atoms with Gasteiger partial charge in [0.2, 0.25) is 0 Å². The van der Waals surface area contributed by atoms with Gasteiger partial charge in [0.15, 0.2) is 5.78 Å². The molecule has 0 radical (unpaired) electrons. The fourth-order valence-electron chi connectivity index (χ4n) is 1.85. The molecule has 0 fully saturated rings. The number of nitrogen functional groups attached to an aromatic ring is 1. The highest BCUT2D eigenvalue weighted by molar-refractivity contribution is 7.13. The van der Waals surface area contributed by atoms with Gasteiger partial charge in [0.05, 0.1) is 4.70 Å². The summed E-state index contributed by atoms with van der Waals surface area (Å²) in [5, 5.41) is 0.907. The molecule has 0 aliphatic carbocycles. The zero-order valence-electron chi connectivity index (χ0n) is 9.46. The molecular formula is C14H10N2OS. The highest BCUT2D eigenvalue weighted by Gasteiger charge is 2.10. The van der Waals surface area contributed by atoms with E-state index in [9.17, 15) is 4.79 Å². The Labute approximate surface area is 108 Å². The maximum absolute atomic E-state index is 12.2. The van der Waals surface area contributed by atoms with Crippen LogP contribution in [0.5, 0.6) is 0 Å². The molecule has 3 aromatic rings. The Balaban J connectivity index is 2.07. The first kappa shape index (κ1) is 10.9. The summed E-state index contributed by atoms with van der Waals surface area (Å²) in [5.74, 6) is 0.540. The predicted octanol–water partition coefficient (Wildman–Crippen LogP) is 3.11. The Morgan fingerprint density at radius 1 is 1.06 bits per heavy atom. The van der Waals surface area contributed by atoms with Crippen molar-refractivity contribution in [1.82, 2.24) is 4.37 Å². The van der Waals surface area contributed by atoms with E-state index >= 15 is 0 Å². The molecule has 0 unspecified atom stereocenters. The molecule has 0 aliphatic heterocycles. The van der Waals surface area contributed by atoms with Crippen LogP contribution in [0.4, 0.5) is 5.82 Å². The number of benzene rings is 2. The van der Waals surface area contributed by atoms with E-state index in [1.54, 1.807) is 6.07 Å². The summed E-state index contributed by atoms with van der Waals surface area (Å²) in [6.07, 6.45) is 0. The van der Waals surface area contributed by atoms with Crippen molar-refractivity contribution >= 4 is 33.2 Å². The fraction of sp³-hybridized carbons (Fsp3) is 0. The number of carbonyl (C=O) groups is 1. The van der Waals surface area contributed by atoms with Crippen molar-refractivity contribution in [1.29, 1.82) is 0 Å². The van der Waals surface area contributed by atoms with E-state index in [0.717, 1.165) is 10.1 Å². The molecule has 0 bridgehead atoms. The van der Waals surface area contributed by atoms with E-state index < -0.39 is 0 Å². The second kappa shape index (κ2) is 4.23. The first-order valence-electron chi connectivity index (χ1n) is 5.50. The second-order valence-corrected chi connectivity index (χ2v) is 4.78. The number of nitrogens with two attached hydrogens (primary N) is 1. The van der Waals surface area contributed by atoms with E-state index in [1.807, 2.05) is 42.5 Å². The van der Waals surface area contributed by atoms with Crippen LogP contribution in [-0.4, -0.2) is 10.2 Å². The third kappa shape index (κ3) is 1.76. The number of hydrogen-bond acceptors (Lipinski definition) is 4. The molecule has 0 saturated heterocycles. The SMILES string of the molecule is Nc1nsc2cc(C(=O)c3ccccc3)ccc12. The quantitative estimate of drug-likeness (QED) is 0.715. The van der Waals surface area contributed by atoms with Crippen molar-refractivity contribution in [2.45, 2.75) is 0 Å². The van der Waals surface area contributed by atoms with Gasteiger partial charge in [-0.1, -0.05) is 36.4 Å². The van der Waals surface area contributed by atoms with Crippen molar-refractivity contribution in [3.8, 4) is 0 Å². The Morgan fingerprint density at radius 2 is 1.83 bits per heavy atom. The lowest BCUT2D eigenvalue weighted by Gasteiger charge is -2.01. The summed E-state index contributed by atoms with van der Waals surface area (Å²) in [6, 6.07) is 14.7. The van der Waals surface area contributed by atoms with Gasteiger partial charge in [-0.15, -0.1) is 0 Å². The van der Waals surface area contributed by atoms with Gasteiger partial charge in [-0.3, -0.25) is 4.79 Å². The van der Waals surface area contributed by atoms with Crippen LogP contribution in [0, 0.1) is 0 Å². The number of anilines is 1. The normalized spacial score (nSPS) is 10.7. The summed E-state index contributed by atoms with van der Waals surface area (Å²) in [5.41, 5.74) is 7.08. The molecular weight excluding hydrogens is 244 g/mol. The molecule has 2 aromatic carbocycles. The fourth-order valence-corrected chi connectivity index (χ4v) is 2.60. The van der Waals surface area contributed by atoms with Crippen LogP contribution >= 0.6 is 11.5 Å². The number of aromatic nitrogens is 1. The van der Waals surface area contributed by atoms with Crippen LogP contribution < -0.4 is 5.73 Å². The zero-order valence-corrected chi connectivity index (χ0v) is 10.3. The molecule has 1 heterocycles. The topological polar surface area (TPSA) is 56.0 Å². The minimum atomic E-state index is 0.0180. The Hall–Kier alpha value is -2.20. The highest BCUT2D eigenvalue weighted by atomic mass is 32.1. The van der Waals surface area contributed by atoms with Gasteiger partial charge < -0.3 is 5.73 Å². The van der Waals surface area contributed by atoms with Gasteiger partial charge in [0.25, 0.3) is 0 Å². The Morgan fingerprint density at radius 3 is 2.61 bits per heavy atom. The molecule has 0 amide bonds.